The molecular formula is C15H10BrClN2S. The minimum atomic E-state index is 0.664. The third-order valence-corrected chi connectivity index (χ3v) is 4.72. The first kappa shape index (κ1) is 13.6. The second-order valence-corrected chi connectivity index (χ2v) is 6.54. The van der Waals surface area contributed by atoms with Gasteiger partial charge in [-0.3, -0.25) is 0 Å². The molecule has 3 rings (SSSR count). The molecule has 0 saturated carbocycles. The zero-order chi connectivity index (χ0) is 14.1. The van der Waals surface area contributed by atoms with E-state index in [-0.39, 0.29) is 0 Å². The maximum atomic E-state index is 6.12. The Hall–Kier alpha value is -1.36. The van der Waals surface area contributed by atoms with Gasteiger partial charge in [-0.25, -0.2) is 4.98 Å². The van der Waals surface area contributed by atoms with Crippen LogP contribution in [0.4, 0.5) is 5.00 Å². The molecule has 0 aliphatic carbocycles. The average Bonchev–Trinajstić information content (AvgIpc) is 2.84. The Bertz CT molecular complexity index is 756. The minimum absolute atomic E-state index is 0.664. The van der Waals surface area contributed by atoms with E-state index < -0.39 is 0 Å². The lowest BCUT2D eigenvalue weighted by atomic mass is 10.1. The van der Waals surface area contributed by atoms with Gasteiger partial charge in [0.2, 0.25) is 0 Å². The van der Waals surface area contributed by atoms with Gasteiger partial charge in [0, 0.05) is 20.6 Å². The topological polar surface area (TPSA) is 38.9 Å². The zero-order valence-electron chi connectivity index (χ0n) is 10.3. The quantitative estimate of drug-likeness (QED) is 0.653. The Morgan fingerprint density at radius 2 is 1.85 bits per heavy atom. The SMILES string of the molecule is Nc1sc(-c2ccccc2)nc1-c1cc(Cl)ccc1Br. The fourth-order valence-corrected chi connectivity index (χ4v) is 3.37. The van der Waals surface area contributed by atoms with Gasteiger partial charge in [0.15, 0.2) is 0 Å². The van der Waals surface area contributed by atoms with Gasteiger partial charge in [-0.15, -0.1) is 0 Å². The van der Waals surface area contributed by atoms with E-state index in [4.69, 9.17) is 17.3 Å². The highest BCUT2D eigenvalue weighted by molar-refractivity contribution is 9.10. The number of benzene rings is 2. The molecule has 20 heavy (non-hydrogen) atoms. The predicted octanol–water partition coefficient (Wildman–Crippen LogP) is 5.48. The van der Waals surface area contributed by atoms with Crippen molar-refractivity contribution in [2.45, 2.75) is 0 Å². The van der Waals surface area contributed by atoms with E-state index in [1.807, 2.05) is 48.5 Å². The maximum Gasteiger partial charge on any atom is 0.126 e. The highest BCUT2D eigenvalue weighted by Crippen LogP contribution is 2.39. The third kappa shape index (κ3) is 2.59. The number of nitrogen functional groups attached to an aromatic ring is 1. The number of thiazole rings is 1. The lowest BCUT2D eigenvalue weighted by Crippen LogP contribution is -1.87. The normalized spacial score (nSPS) is 10.7. The van der Waals surface area contributed by atoms with E-state index >= 15 is 0 Å². The fourth-order valence-electron chi connectivity index (χ4n) is 1.91. The largest absolute Gasteiger partial charge is 0.389 e. The van der Waals surface area contributed by atoms with Crippen LogP contribution < -0.4 is 5.73 Å². The molecule has 0 saturated heterocycles. The van der Waals surface area contributed by atoms with Gasteiger partial charge in [-0.2, -0.15) is 0 Å². The van der Waals surface area contributed by atoms with E-state index in [1.54, 1.807) is 0 Å². The Balaban J connectivity index is 2.12. The molecule has 0 aliphatic heterocycles. The van der Waals surface area contributed by atoms with Crippen molar-refractivity contribution in [2.75, 3.05) is 5.73 Å². The van der Waals surface area contributed by atoms with Crippen LogP contribution in [0.2, 0.25) is 5.02 Å². The van der Waals surface area contributed by atoms with Crippen molar-refractivity contribution in [3.63, 3.8) is 0 Å². The van der Waals surface area contributed by atoms with E-state index in [9.17, 15) is 0 Å². The summed E-state index contributed by atoms with van der Waals surface area (Å²) in [6, 6.07) is 15.6. The van der Waals surface area contributed by atoms with Crippen LogP contribution in [-0.4, -0.2) is 4.98 Å². The summed E-state index contributed by atoms with van der Waals surface area (Å²) in [4.78, 5) is 4.66. The number of hydrogen-bond acceptors (Lipinski definition) is 3. The van der Waals surface area contributed by atoms with Gasteiger partial charge in [0.25, 0.3) is 0 Å². The standard InChI is InChI=1S/C15H10BrClN2S/c16-12-7-6-10(17)8-11(12)13-14(18)20-15(19-13)9-4-2-1-3-5-9/h1-8H,18H2. The van der Waals surface area contributed by atoms with Crippen molar-refractivity contribution < 1.29 is 0 Å². The molecule has 0 aliphatic rings. The predicted molar refractivity (Wildman–Crippen MR) is 90.1 cm³/mol. The molecule has 0 radical (unpaired) electrons. The van der Waals surface area contributed by atoms with E-state index in [1.165, 1.54) is 11.3 Å². The number of nitrogens with two attached hydrogens (primary N) is 1. The van der Waals surface area contributed by atoms with Gasteiger partial charge < -0.3 is 5.73 Å². The molecule has 2 N–H and O–H groups in total. The first-order chi connectivity index (χ1) is 9.65. The van der Waals surface area contributed by atoms with Crippen molar-refractivity contribution in [3.8, 4) is 21.8 Å². The van der Waals surface area contributed by atoms with Gasteiger partial charge in [0.1, 0.15) is 15.7 Å². The third-order valence-electron chi connectivity index (χ3n) is 2.86. The van der Waals surface area contributed by atoms with Crippen LogP contribution in [0.3, 0.4) is 0 Å². The van der Waals surface area contributed by atoms with Gasteiger partial charge >= 0.3 is 0 Å². The molecule has 0 spiro atoms. The summed E-state index contributed by atoms with van der Waals surface area (Å²) in [6.07, 6.45) is 0. The Morgan fingerprint density at radius 1 is 1.10 bits per heavy atom. The molecule has 0 amide bonds. The molecule has 0 fully saturated rings. The van der Waals surface area contributed by atoms with Gasteiger partial charge in [0.05, 0.1) is 0 Å². The zero-order valence-corrected chi connectivity index (χ0v) is 13.5. The molecule has 5 heteroatoms. The lowest BCUT2D eigenvalue weighted by molar-refractivity contribution is 1.39. The molecule has 1 heterocycles. The number of hydrogen-bond donors (Lipinski definition) is 1. The van der Waals surface area contributed by atoms with Crippen molar-refractivity contribution in [1.29, 1.82) is 0 Å². The first-order valence-electron chi connectivity index (χ1n) is 5.92. The molecular weight excluding hydrogens is 356 g/mol. The van der Waals surface area contributed by atoms with Gasteiger partial charge in [-0.1, -0.05) is 69.2 Å². The second-order valence-electron chi connectivity index (χ2n) is 4.22. The smallest absolute Gasteiger partial charge is 0.126 e. The molecule has 1 aromatic heterocycles. The Labute approximate surface area is 134 Å². The second kappa shape index (κ2) is 5.56. The number of halogens is 2. The van der Waals surface area contributed by atoms with Crippen LogP contribution in [0.5, 0.6) is 0 Å². The monoisotopic (exact) mass is 364 g/mol. The molecule has 0 bridgehead atoms. The first-order valence-corrected chi connectivity index (χ1v) is 7.91. The van der Waals surface area contributed by atoms with Crippen LogP contribution in [0.15, 0.2) is 53.0 Å². The van der Waals surface area contributed by atoms with Crippen LogP contribution in [0.25, 0.3) is 21.8 Å². The van der Waals surface area contributed by atoms with E-state index in [0.717, 1.165) is 26.3 Å². The summed E-state index contributed by atoms with van der Waals surface area (Å²) in [7, 11) is 0. The molecule has 0 unspecified atom stereocenters. The summed E-state index contributed by atoms with van der Waals surface area (Å²) in [5.74, 6) is 0. The van der Waals surface area contributed by atoms with E-state index in [2.05, 4.69) is 20.9 Å². The number of anilines is 1. The van der Waals surface area contributed by atoms with Gasteiger partial charge in [-0.05, 0) is 18.2 Å². The number of nitrogens with zero attached hydrogens (tertiary/aromatic N) is 1. The maximum absolute atomic E-state index is 6.12. The van der Waals surface area contributed by atoms with Crippen LogP contribution in [-0.2, 0) is 0 Å². The molecule has 0 atom stereocenters. The molecule has 2 aromatic carbocycles. The summed E-state index contributed by atoms with van der Waals surface area (Å²) in [5.41, 5.74) is 8.86. The summed E-state index contributed by atoms with van der Waals surface area (Å²) in [5, 5.41) is 2.26. The molecule has 100 valence electrons. The van der Waals surface area contributed by atoms with Crippen LogP contribution in [0.1, 0.15) is 0 Å². The minimum Gasteiger partial charge on any atom is -0.389 e. The number of rotatable bonds is 2. The van der Waals surface area contributed by atoms with Crippen LogP contribution >= 0.6 is 38.9 Å². The summed E-state index contributed by atoms with van der Waals surface area (Å²) in [6.45, 7) is 0. The summed E-state index contributed by atoms with van der Waals surface area (Å²) >= 11 is 11.1. The fraction of sp³-hybridized carbons (Fsp3) is 0. The van der Waals surface area contributed by atoms with Crippen molar-refractivity contribution in [2.24, 2.45) is 0 Å². The average molecular weight is 366 g/mol. The van der Waals surface area contributed by atoms with Crippen molar-refractivity contribution >= 4 is 43.9 Å². The lowest BCUT2D eigenvalue weighted by Gasteiger charge is -2.02. The molecule has 2 nitrogen and oxygen atoms in total. The Kier molecular flexibility index (Phi) is 3.78. The highest BCUT2D eigenvalue weighted by atomic mass is 79.9. The number of aromatic nitrogens is 1. The Morgan fingerprint density at radius 3 is 2.60 bits per heavy atom. The van der Waals surface area contributed by atoms with Crippen molar-refractivity contribution in [3.05, 3.63) is 58.0 Å². The van der Waals surface area contributed by atoms with E-state index in [0.29, 0.717) is 10.0 Å². The molecule has 3 aromatic rings. The summed E-state index contributed by atoms with van der Waals surface area (Å²) < 4.78 is 0.929. The van der Waals surface area contributed by atoms with Crippen molar-refractivity contribution in [1.82, 2.24) is 4.98 Å². The highest BCUT2D eigenvalue weighted by Gasteiger charge is 2.14. The van der Waals surface area contributed by atoms with Crippen LogP contribution in [0, 0.1) is 0 Å².